The van der Waals surface area contributed by atoms with Crippen molar-refractivity contribution in [2.24, 2.45) is 0 Å². The number of rotatable bonds is 12. The van der Waals surface area contributed by atoms with Crippen LogP contribution >= 0.6 is 0 Å². The Hall–Kier alpha value is -4.28. The molecule has 17 heteroatoms. The highest BCUT2D eigenvalue weighted by atomic mass is 16.7. The van der Waals surface area contributed by atoms with Crippen LogP contribution in [0.4, 0.5) is 0 Å². The van der Waals surface area contributed by atoms with Crippen molar-refractivity contribution in [3.8, 4) is 0 Å². The number of hydrogen-bond donors (Lipinski definition) is 1. The molecule has 1 aliphatic heterocycles. The monoisotopic (exact) mass is 605 g/mol. The Balaban J connectivity index is 4.22. The Morgan fingerprint density at radius 1 is 0.714 bits per heavy atom. The summed E-state index contributed by atoms with van der Waals surface area (Å²) in [5, 5.41) is 2.44. The third-order valence-electron chi connectivity index (χ3n) is 5.60. The van der Waals surface area contributed by atoms with Gasteiger partial charge < -0.3 is 43.2 Å². The molecule has 0 aromatic heterocycles. The predicted molar refractivity (Wildman–Crippen MR) is 133 cm³/mol. The van der Waals surface area contributed by atoms with E-state index in [4.69, 9.17) is 37.9 Å². The molecule has 1 saturated heterocycles. The first-order valence-electron chi connectivity index (χ1n) is 12.4. The molecule has 0 unspecified atom stereocenters. The first-order valence-corrected chi connectivity index (χ1v) is 12.4. The lowest BCUT2D eigenvalue weighted by Crippen LogP contribution is -2.78. The van der Waals surface area contributed by atoms with Gasteiger partial charge in [0.2, 0.25) is 5.91 Å². The molecule has 0 bridgehead atoms. The van der Waals surface area contributed by atoms with Crippen LogP contribution in [0.1, 0.15) is 48.5 Å². The highest BCUT2D eigenvalue weighted by molar-refractivity contribution is 5.78. The molecule has 1 heterocycles. The minimum Gasteiger partial charge on any atom is -0.467 e. The number of carbonyl (C=O) groups is 8. The number of methoxy groups -OCH3 is 1. The van der Waals surface area contributed by atoms with Crippen LogP contribution in [0.25, 0.3) is 0 Å². The van der Waals surface area contributed by atoms with Crippen LogP contribution in [0, 0.1) is 0 Å². The summed E-state index contributed by atoms with van der Waals surface area (Å²) in [5.74, 6) is -7.72. The fourth-order valence-corrected chi connectivity index (χ4v) is 4.32. The van der Waals surface area contributed by atoms with Crippen molar-refractivity contribution in [1.82, 2.24) is 5.32 Å². The van der Waals surface area contributed by atoms with Crippen molar-refractivity contribution < 1.29 is 76.3 Å². The van der Waals surface area contributed by atoms with E-state index in [0.717, 1.165) is 55.6 Å². The zero-order chi connectivity index (χ0) is 32.4. The van der Waals surface area contributed by atoms with Gasteiger partial charge in [0.15, 0.2) is 36.1 Å². The molecule has 236 valence electrons. The molecule has 0 radical (unpaired) electrons. The first-order chi connectivity index (χ1) is 19.4. The van der Waals surface area contributed by atoms with Gasteiger partial charge in [0.05, 0.1) is 7.11 Å². The Kier molecular flexibility index (Phi) is 13.3. The molecule has 1 N–H and O–H groups in total. The second-order valence-corrected chi connectivity index (χ2v) is 9.10. The molecule has 7 atom stereocenters. The molecule has 42 heavy (non-hydrogen) atoms. The van der Waals surface area contributed by atoms with Crippen LogP contribution in [0.2, 0.25) is 0 Å². The molecule has 1 rings (SSSR count). The number of hydrogen-bond acceptors (Lipinski definition) is 16. The maximum absolute atomic E-state index is 13.0. The summed E-state index contributed by atoms with van der Waals surface area (Å²) in [6.07, 6.45) is -9.25. The maximum Gasteiger partial charge on any atom is 0.339 e. The second kappa shape index (κ2) is 15.6. The lowest BCUT2D eigenvalue weighted by atomic mass is 9.76. The van der Waals surface area contributed by atoms with Crippen molar-refractivity contribution >= 4 is 47.7 Å². The molecule has 1 fully saturated rings. The lowest BCUT2D eigenvalue weighted by molar-refractivity contribution is -0.290. The van der Waals surface area contributed by atoms with Crippen molar-refractivity contribution in [1.29, 1.82) is 0 Å². The standard InChI is InChI=1S/C25H35NO16/c1-11(27)26-22-20(40-16(6)32)19(39-15(5)31)21(24(34)35-8)42-25(22,10-37-13(3)29)23(41-17(7)33)18(38-14(4)30)9-36-12(2)28/h18-23H,9-10H2,1-8H3,(H,26,27)/t18-,19+,20+,21+,22-,23-,25-/m1/s1. The zero-order valence-electron chi connectivity index (χ0n) is 24.4. The van der Waals surface area contributed by atoms with Gasteiger partial charge in [0.1, 0.15) is 19.3 Å². The van der Waals surface area contributed by atoms with Gasteiger partial charge in [-0.2, -0.15) is 0 Å². The largest absolute Gasteiger partial charge is 0.467 e. The Morgan fingerprint density at radius 2 is 1.24 bits per heavy atom. The Morgan fingerprint density at radius 3 is 1.67 bits per heavy atom. The molecule has 0 aliphatic carbocycles. The molecule has 1 aliphatic rings. The van der Waals surface area contributed by atoms with Gasteiger partial charge in [-0.25, -0.2) is 4.79 Å². The second-order valence-electron chi connectivity index (χ2n) is 9.10. The molecule has 1 amide bonds. The molecule has 0 saturated carbocycles. The summed E-state index contributed by atoms with van der Waals surface area (Å²) in [6.45, 7) is 5.22. The van der Waals surface area contributed by atoms with Gasteiger partial charge in [0.25, 0.3) is 0 Å². The third kappa shape index (κ3) is 9.97. The Labute approximate surface area is 240 Å². The van der Waals surface area contributed by atoms with Crippen LogP contribution in [-0.2, 0) is 76.3 Å². The number of carbonyl (C=O) groups excluding carboxylic acids is 8. The SMILES string of the molecule is COC(=O)[C@H]1O[C@@](COC(C)=O)([C@H](OC(C)=O)[C@@H](COC(C)=O)OC(C)=O)[C@H](NC(C)=O)[C@@H](OC(C)=O)[C@@H]1OC(C)=O. The van der Waals surface area contributed by atoms with E-state index in [2.05, 4.69) is 5.32 Å². The molecule has 0 aromatic rings. The summed E-state index contributed by atoms with van der Waals surface area (Å²) < 4.78 is 42.6. The van der Waals surface area contributed by atoms with E-state index in [1.54, 1.807) is 0 Å². The minimum absolute atomic E-state index is 0.765. The third-order valence-corrected chi connectivity index (χ3v) is 5.60. The van der Waals surface area contributed by atoms with Crippen molar-refractivity contribution in [3.05, 3.63) is 0 Å². The number of nitrogens with one attached hydrogen (secondary N) is 1. The van der Waals surface area contributed by atoms with Gasteiger partial charge in [-0.15, -0.1) is 0 Å². The topological polar surface area (TPSA) is 222 Å². The molecular weight excluding hydrogens is 570 g/mol. The molecule has 0 aromatic carbocycles. The maximum atomic E-state index is 13.0. The number of esters is 7. The first kappa shape index (κ1) is 35.7. The smallest absolute Gasteiger partial charge is 0.339 e. The summed E-state index contributed by atoms with van der Waals surface area (Å²) in [7, 11) is 0.955. The van der Waals surface area contributed by atoms with Crippen molar-refractivity contribution in [2.75, 3.05) is 20.3 Å². The average Bonchev–Trinajstić information content (AvgIpc) is 2.85. The van der Waals surface area contributed by atoms with Gasteiger partial charge in [0, 0.05) is 48.5 Å². The van der Waals surface area contributed by atoms with Crippen LogP contribution < -0.4 is 5.32 Å². The Bertz CT molecular complexity index is 1050. The molecular formula is C25H35NO16. The zero-order valence-corrected chi connectivity index (χ0v) is 24.4. The summed E-state index contributed by atoms with van der Waals surface area (Å²) in [6, 6.07) is -1.76. The summed E-state index contributed by atoms with van der Waals surface area (Å²) >= 11 is 0. The minimum atomic E-state index is -2.47. The van der Waals surface area contributed by atoms with Gasteiger partial charge in [-0.1, -0.05) is 0 Å². The van der Waals surface area contributed by atoms with Crippen molar-refractivity contribution in [3.63, 3.8) is 0 Å². The van der Waals surface area contributed by atoms with Gasteiger partial charge in [-0.05, 0) is 0 Å². The van der Waals surface area contributed by atoms with Crippen LogP contribution in [-0.4, -0.2) is 110 Å². The fraction of sp³-hybridized carbons (Fsp3) is 0.680. The summed E-state index contributed by atoms with van der Waals surface area (Å²) in [4.78, 5) is 98.1. The molecule has 0 spiro atoms. The average molecular weight is 606 g/mol. The quantitative estimate of drug-likeness (QED) is 0.201. The van der Waals surface area contributed by atoms with Crippen LogP contribution in [0.3, 0.4) is 0 Å². The van der Waals surface area contributed by atoms with Gasteiger partial charge in [-0.3, -0.25) is 33.6 Å². The fourth-order valence-electron chi connectivity index (χ4n) is 4.32. The van der Waals surface area contributed by atoms with E-state index < -0.39 is 103 Å². The van der Waals surface area contributed by atoms with Crippen LogP contribution in [0.5, 0.6) is 0 Å². The van der Waals surface area contributed by atoms with Gasteiger partial charge >= 0.3 is 41.8 Å². The van der Waals surface area contributed by atoms with E-state index in [-0.39, 0.29) is 0 Å². The van der Waals surface area contributed by atoms with E-state index in [0.29, 0.717) is 0 Å². The van der Waals surface area contributed by atoms with E-state index in [1.807, 2.05) is 0 Å². The molecule has 17 nitrogen and oxygen atoms in total. The highest BCUT2D eigenvalue weighted by Gasteiger charge is 2.66. The number of amides is 1. The normalized spacial score (nSPS) is 24.5. The predicted octanol–water partition coefficient (Wildman–Crippen LogP) is -1.35. The van der Waals surface area contributed by atoms with Crippen LogP contribution in [0.15, 0.2) is 0 Å². The van der Waals surface area contributed by atoms with E-state index in [9.17, 15) is 38.4 Å². The van der Waals surface area contributed by atoms with Crippen molar-refractivity contribution in [2.45, 2.75) is 90.6 Å². The highest BCUT2D eigenvalue weighted by Crippen LogP contribution is 2.40. The summed E-state index contributed by atoms with van der Waals surface area (Å²) in [5.41, 5.74) is -2.47. The lowest BCUT2D eigenvalue weighted by Gasteiger charge is -2.54. The number of ether oxygens (including phenoxy) is 8. The van der Waals surface area contributed by atoms with E-state index >= 15 is 0 Å². The van der Waals surface area contributed by atoms with E-state index in [1.165, 1.54) is 0 Å².